The van der Waals surface area contributed by atoms with E-state index in [1.165, 1.54) is 11.1 Å². The molecular weight excluding hydrogens is 254 g/mol. The Labute approximate surface area is 119 Å². The number of rotatable bonds is 5. The first kappa shape index (κ1) is 14.6. The highest BCUT2D eigenvalue weighted by atomic mass is 16.4. The van der Waals surface area contributed by atoms with Crippen molar-refractivity contribution in [2.75, 3.05) is 6.54 Å². The number of amides is 1. The molecule has 1 fully saturated rings. The smallest absolute Gasteiger partial charge is 0.307 e. The lowest BCUT2D eigenvalue weighted by Crippen LogP contribution is -2.36. The van der Waals surface area contributed by atoms with Gasteiger partial charge in [-0.3, -0.25) is 9.59 Å². The Morgan fingerprint density at radius 3 is 2.75 bits per heavy atom. The second-order valence-corrected chi connectivity index (χ2v) is 5.51. The highest BCUT2D eigenvalue weighted by molar-refractivity contribution is 5.85. The van der Waals surface area contributed by atoms with Crippen molar-refractivity contribution in [1.82, 2.24) is 5.32 Å². The van der Waals surface area contributed by atoms with Gasteiger partial charge >= 0.3 is 5.97 Å². The van der Waals surface area contributed by atoms with Crippen molar-refractivity contribution in [3.8, 4) is 0 Å². The zero-order valence-electron chi connectivity index (χ0n) is 11.8. The second kappa shape index (κ2) is 6.55. The van der Waals surface area contributed by atoms with Crippen molar-refractivity contribution in [2.45, 2.75) is 32.6 Å². The molecule has 2 N–H and O–H groups in total. The number of benzene rings is 1. The quantitative estimate of drug-likeness (QED) is 0.865. The Bertz CT molecular complexity index is 498. The zero-order valence-corrected chi connectivity index (χ0v) is 11.8. The number of carboxylic acids is 1. The third-order valence-electron chi connectivity index (χ3n) is 3.97. The molecule has 1 aliphatic carbocycles. The predicted molar refractivity (Wildman–Crippen MR) is 76.4 cm³/mol. The van der Waals surface area contributed by atoms with Gasteiger partial charge in [-0.15, -0.1) is 0 Å². The summed E-state index contributed by atoms with van der Waals surface area (Å²) in [4.78, 5) is 23.1. The van der Waals surface area contributed by atoms with Crippen molar-refractivity contribution < 1.29 is 14.7 Å². The van der Waals surface area contributed by atoms with Crippen LogP contribution in [0.1, 0.15) is 30.4 Å². The summed E-state index contributed by atoms with van der Waals surface area (Å²) in [6, 6.07) is 8.18. The average Bonchev–Trinajstić information content (AvgIpc) is 2.88. The van der Waals surface area contributed by atoms with Crippen LogP contribution in [0.5, 0.6) is 0 Å². The Hall–Kier alpha value is -1.84. The average molecular weight is 275 g/mol. The first-order valence-electron chi connectivity index (χ1n) is 7.14. The van der Waals surface area contributed by atoms with Crippen molar-refractivity contribution in [3.63, 3.8) is 0 Å². The van der Waals surface area contributed by atoms with E-state index in [0.29, 0.717) is 19.4 Å². The molecule has 1 aliphatic rings. The fraction of sp³-hybridized carbons (Fsp3) is 0.500. The van der Waals surface area contributed by atoms with Gasteiger partial charge in [-0.2, -0.15) is 0 Å². The summed E-state index contributed by atoms with van der Waals surface area (Å²) in [6.45, 7) is 2.60. The van der Waals surface area contributed by atoms with Crippen LogP contribution in [0.25, 0.3) is 0 Å². The Morgan fingerprint density at radius 1 is 1.30 bits per heavy atom. The number of carbonyl (C=O) groups excluding carboxylic acids is 1. The summed E-state index contributed by atoms with van der Waals surface area (Å²) < 4.78 is 0. The number of carboxylic acid groups (broad SMARTS) is 1. The standard InChI is InChI=1S/C16H21NO3/c1-11-4-2-5-12(10-11)8-9-17-15(18)13-6-3-7-14(13)16(19)20/h2,4-5,10,13-14H,3,6-9H2,1H3,(H,17,18)(H,19,20). The largest absolute Gasteiger partial charge is 0.481 e. The molecule has 1 aromatic rings. The molecule has 1 saturated carbocycles. The summed E-state index contributed by atoms with van der Waals surface area (Å²) >= 11 is 0. The minimum atomic E-state index is -0.846. The molecule has 1 aromatic carbocycles. The third-order valence-corrected chi connectivity index (χ3v) is 3.97. The van der Waals surface area contributed by atoms with E-state index in [9.17, 15) is 9.59 Å². The Morgan fingerprint density at radius 2 is 2.05 bits per heavy atom. The maximum atomic E-state index is 12.0. The van der Waals surface area contributed by atoms with Crippen molar-refractivity contribution in [3.05, 3.63) is 35.4 Å². The number of hydrogen-bond acceptors (Lipinski definition) is 2. The van der Waals surface area contributed by atoms with Crippen LogP contribution in [0, 0.1) is 18.8 Å². The van der Waals surface area contributed by atoms with Crippen LogP contribution < -0.4 is 5.32 Å². The third kappa shape index (κ3) is 3.59. The number of nitrogens with one attached hydrogen (secondary N) is 1. The highest BCUT2D eigenvalue weighted by Gasteiger charge is 2.37. The molecule has 0 bridgehead atoms. The van der Waals surface area contributed by atoms with Crippen LogP contribution in [0.4, 0.5) is 0 Å². The van der Waals surface area contributed by atoms with E-state index >= 15 is 0 Å². The maximum absolute atomic E-state index is 12.0. The summed E-state index contributed by atoms with van der Waals surface area (Å²) in [5, 5.41) is 12.0. The first-order valence-corrected chi connectivity index (χ1v) is 7.14. The number of hydrogen-bond donors (Lipinski definition) is 2. The molecule has 4 heteroatoms. The molecule has 0 heterocycles. The molecule has 0 aliphatic heterocycles. The summed E-state index contributed by atoms with van der Waals surface area (Å²) in [6.07, 6.45) is 2.91. The van der Waals surface area contributed by atoms with E-state index in [4.69, 9.17) is 5.11 Å². The molecule has 0 radical (unpaired) electrons. The van der Waals surface area contributed by atoms with Crippen LogP contribution in [0.2, 0.25) is 0 Å². The number of carbonyl (C=O) groups is 2. The van der Waals surface area contributed by atoms with Gasteiger partial charge in [-0.25, -0.2) is 0 Å². The van der Waals surface area contributed by atoms with Crippen molar-refractivity contribution >= 4 is 11.9 Å². The van der Waals surface area contributed by atoms with Crippen LogP contribution in [0.15, 0.2) is 24.3 Å². The highest BCUT2D eigenvalue weighted by Crippen LogP contribution is 2.31. The van der Waals surface area contributed by atoms with E-state index in [1.54, 1.807) is 0 Å². The molecule has 108 valence electrons. The van der Waals surface area contributed by atoms with Gasteiger partial charge < -0.3 is 10.4 Å². The van der Waals surface area contributed by atoms with Gasteiger partial charge in [0.2, 0.25) is 5.91 Å². The van der Waals surface area contributed by atoms with E-state index in [2.05, 4.69) is 11.4 Å². The van der Waals surface area contributed by atoms with Crippen LogP contribution >= 0.6 is 0 Å². The van der Waals surface area contributed by atoms with Gasteiger partial charge in [0.1, 0.15) is 0 Å². The SMILES string of the molecule is Cc1cccc(CCNC(=O)C2CCCC2C(=O)O)c1. The zero-order chi connectivity index (χ0) is 14.5. The summed E-state index contributed by atoms with van der Waals surface area (Å²) in [7, 11) is 0. The number of aryl methyl sites for hydroxylation is 1. The lowest BCUT2D eigenvalue weighted by atomic mass is 9.95. The van der Waals surface area contributed by atoms with Crippen LogP contribution in [-0.2, 0) is 16.0 Å². The van der Waals surface area contributed by atoms with Gasteiger partial charge in [0.05, 0.1) is 11.8 Å². The normalized spacial score (nSPS) is 21.6. The Balaban J connectivity index is 1.82. The molecule has 4 nitrogen and oxygen atoms in total. The molecule has 1 amide bonds. The molecular formula is C16H21NO3. The van der Waals surface area contributed by atoms with Crippen LogP contribution in [-0.4, -0.2) is 23.5 Å². The minimum absolute atomic E-state index is 0.109. The molecule has 2 atom stereocenters. The minimum Gasteiger partial charge on any atom is -0.481 e. The lowest BCUT2D eigenvalue weighted by molar-refractivity contribution is -0.146. The molecule has 20 heavy (non-hydrogen) atoms. The lowest BCUT2D eigenvalue weighted by Gasteiger charge is -2.15. The molecule has 2 unspecified atom stereocenters. The van der Waals surface area contributed by atoms with E-state index in [-0.39, 0.29) is 11.8 Å². The van der Waals surface area contributed by atoms with Gasteiger partial charge in [0.25, 0.3) is 0 Å². The van der Waals surface area contributed by atoms with Gasteiger partial charge in [-0.05, 0) is 31.7 Å². The maximum Gasteiger partial charge on any atom is 0.307 e. The van der Waals surface area contributed by atoms with E-state index < -0.39 is 11.9 Å². The molecule has 2 rings (SSSR count). The fourth-order valence-corrected chi connectivity index (χ4v) is 2.90. The summed E-state index contributed by atoms with van der Waals surface area (Å²) in [5.74, 6) is -1.82. The molecule has 0 spiro atoms. The van der Waals surface area contributed by atoms with Crippen LogP contribution in [0.3, 0.4) is 0 Å². The monoisotopic (exact) mass is 275 g/mol. The summed E-state index contributed by atoms with van der Waals surface area (Å²) in [5.41, 5.74) is 2.39. The predicted octanol–water partition coefficient (Wildman–Crippen LogP) is 2.15. The first-order chi connectivity index (χ1) is 9.58. The molecule has 0 aromatic heterocycles. The fourth-order valence-electron chi connectivity index (χ4n) is 2.90. The Kier molecular flexibility index (Phi) is 4.77. The second-order valence-electron chi connectivity index (χ2n) is 5.51. The molecule has 0 saturated heterocycles. The van der Waals surface area contributed by atoms with E-state index in [0.717, 1.165) is 12.8 Å². The van der Waals surface area contributed by atoms with Crippen molar-refractivity contribution in [1.29, 1.82) is 0 Å². The van der Waals surface area contributed by atoms with E-state index in [1.807, 2.05) is 25.1 Å². The van der Waals surface area contributed by atoms with Gasteiger partial charge in [-0.1, -0.05) is 36.2 Å². The van der Waals surface area contributed by atoms with Gasteiger partial charge in [0.15, 0.2) is 0 Å². The number of aliphatic carboxylic acids is 1. The topological polar surface area (TPSA) is 66.4 Å². The van der Waals surface area contributed by atoms with Crippen molar-refractivity contribution in [2.24, 2.45) is 11.8 Å². The van der Waals surface area contributed by atoms with Gasteiger partial charge in [0, 0.05) is 6.54 Å².